The first-order valence-corrected chi connectivity index (χ1v) is 7.80. The van der Waals surface area contributed by atoms with E-state index in [1.807, 2.05) is 17.0 Å². The minimum absolute atomic E-state index is 0.0712. The van der Waals surface area contributed by atoms with Crippen molar-refractivity contribution >= 4 is 11.6 Å². The fraction of sp³-hybridized carbons (Fsp3) is 0.625. The molecule has 0 saturated carbocycles. The zero-order chi connectivity index (χ0) is 14.2. The lowest BCUT2D eigenvalue weighted by Gasteiger charge is -2.26. The summed E-state index contributed by atoms with van der Waals surface area (Å²) in [6.45, 7) is 4.89. The van der Waals surface area contributed by atoms with Crippen LogP contribution in [0.5, 0.6) is 0 Å². The van der Waals surface area contributed by atoms with Crippen molar-refractivity contribution in [1.82, 2.24) is 9.88 Å². The quantitative estimate of drug-likeness (QED) is 0.810. The monoisotopic (exact) mass is 275 g/mol. The van der Waals surface area contributed by atoms with Crippen molar-refractivity contribution in [2.45, 2.75) is 45.4 Å². The minimum Gasteiger partial charge on any atom is -0.385 e. The van der Waals surface area contributed by atoms with Gasteiger partial charge in [0.05, 0.1) is 0 Å². The van der Waals surface area contributed by atoms with Gasteiger partial charge in [0.25, 0.3) is 5.91 Å². The fourth-order valence-electron chi connectivity index (χ4n) is 2.52. The van der Waals surface area contributed by atoms with E-state index >= 15 is 0 Å². The summed E-state index contributed by atoms with van der Waals surface area (Å²) in [5, 5.41) is 3.37. The van der Waals surface area contributed by atoms with Gasteiger partial charge in [0.1, 0.15) is 5.69 Å². The topological polar surface area (TPSA) is 45.2 Å². The molecule has 0 bridgehead atoms. The smallest absolute Gasteiger partial charge is 0.272 e. The summed E-state index contributed by atoms with van der Waals surface area (Å²) in [7, 11) is 0. The van der Waals surface area contributed by atoms with Gasteiger partial charge in [0.15, 0.2) is 0 Å². The third-order valence-corrected chi connectivity index (χ3v) is 3.73. The molecule has 20 heavy (non-hydrogen) atoms. The van der Waals surface area contributed by atoms with Crippen molar-refractivity contribution in [3.63, 3.8) is 0 Å². The molecule has 1 amide bonds. The number of hydrogen-bond acceptors (Lipinski definition) is 3. The maximum atomic E-state index is 12.4. The number of carbonyl (C=O) groups excluding carboxylic acids is 1. The standard InChI is InChI=1S/C16H25N3O/c1-2-3-5-9-17-14-8-10-18-15(13-14)16(20)19-11-6-4-7-12-19/h8,10,13H,2-7,9,11-12H2,1H3,(H,17,18). The third-order valence-electron chi connectivity index (χ3n) is 3.73. The van der Waals surface area contributed by atoms with E-state index in [4.69, 9.17) is 0 Å². The molecule has 4 nitrogen and oxygen atoms in total. The second kappa shape index (κ2) is 7.88. The Morgan fingerprint density at radius 3 is 2.85 bits per heavy atom. The number of piperidine rings is 1. The number of likely N-dealkylation sites (tertiary alicyclic amines) is 1. The van der Waals surface area contributed by atoms with E-state index in [9.17, 15) is 4.79 Å². The highest BCUT2D eigenvalue weighted by molar-refractivity contribution is 5.93. The Kier molecular flexibility index (Phi) is 5.84. The lowest BCUT2D eigenvalue weighted by molar-refractivity contribution is 0.0718. The molecule has 4 heteroatoms. The number of nitrogens with zero attached hydrogens (tertiary/aromatic N) is 2. The van der Waals surface area contributed by atoms with Crippen LogP contribution in [0.3, 0.4) is 0 Å². The summed E-state index contributed by atoms with van der Waals surface area (Å²) in [6, 6.07) is 3.81. The Morgan fingerprint density at radius 2 is 2.10 bits per heavy atom. The normalized spacial score (nSPS) is 15.2. The van der Waals surface area contributed by atoms with Crippen LogP contribution < -0.4 is 5.32 Å². The van der Waals surface area contributed by atoms with E-state index in [1.54, 1.807) is 6.20 Å². The number of hydrogen-bond donors (Lipinski definition) is 1. The highest BCUT2D eigenvalue weighted by Gasteiger charge is 2.19. The number of amides is 1. The van der Waals surface area contributed by atoms with E-state index in [0.29, 0.717) is 5.69 Å². The Labute approximate surface area is 121 Å². The molecule has 1 aliphatic heterocycles. The number of carbonyl (C=O) groups is 1. The summed E-state index contributed by atoms with van der Waals surface area (Å²) in [4.78, 5) is 18.5. The first-order chi connectivity index (χ1) is 9.81. The van der Waals surface area contributed by atoms with E-state index in [2.05, 4.69) is 17.2 Å². The molecular weight excluding hydrogens is 250 g/mol. The molecule has 1 saturated heterocycles. The molecule has 0 aromatic carbocycles. The van der Waals surface area contributed by atoms with Crippen molar-refractivity contribution in [1.29, 1.82) is 0 Å². The first-order valence-electron chi connectivity index (χ1n) is 7.80. The van der Waals surface area contributed by atoms with Crippen LogP contribution in [0, 0.1) is 0 Å². The second-order valence-corrected chi connectivity index (χ2v) is 5.42. The Morgan fingerprint density at radius 1 is 1.30 bits per heavy atom. The van der Waals surface area contributed by atoms with Crippen LogP contribution in [0.1, 0.15) is 55.9 Å². The lowest BCUT2D eigenvalue weighted by atomic mass is 10.1. The molecule has 1 aromatic heterocycles. The van der Waals surface area contributed by atoms with Gasteiger partial charge in [-0.25, -0.2) is 0 Å². The van der Waals surface area contributed by atoms with Crippen LogP contribution in [-0.2, 0) is 0 Å². The number of nitrogens with one attached hydrogen (secondary N) is 1. The van der Waals surface area contributed by atoms with Gasteiger partial charge in [-0.2, -0.15) is 0 Å². The molecule has 0 atom stereocenters. The molecule has 0 aliphatic carbocycles. The van der Waals surface area contributed by atoms with Crippen molar-refractivity contribution in [2.75, 3.05) is 25.0 Å². The second-order valence-electron chi connectivity index (χ2n) is 5.42. The van der Waals surface area contributed by atoms with Gasteiger partial charge in [-0.05, 0) is 37.8 Å². The van der Waals surface area contributed by atoms with Gasteiger partial charge in [-0.1, -0.05) is 19.8 Å². The van der Waals surface area contributed by atoms with Crippen molar-refractivity contribution in [3.8, 4) is 0 Å². The van der Waals surface area contributed by atoms with E-state index in [0.717, 1.165) is 44.6 Å². The molecule has 0 unspecified atom stereocenters. The van der Waals surface area contributed by atoms with Gasteiger partial charge in [0, 0.05) is 31.5 Å². The third kappa shape index (κ3) is 4.22. The molecule has 0 radical (unpaired) electrons. The number of pyridine rings is 1. The van der Waals surface area contributed by atoms with Crippen LogP contribution >= 0.6 is 0 Å². The van der Waals surface area contributed by atoms with Gasteiger partial charge >= 0.3 is 0 Å². The average molecular weight is 275 g/mol. The van der Waals surface area contributed by atoms with Crippen molar-refractivity contribution < 1.29 is 4.79 Å². The number of anilines is 1. The molecule has 1 fully saturated rings. The van der Waals surface area contributed by atoms with Crippen LogP contribution in [0.25, 0.3) is 0 Å². The molecule has 110 valence electrons. The molecule has 2 rings (SSSR count). The predicted molar refractivity (Wildman–Crippen MR) is 82.0 cm³/mol. The average Bonchev–Trinajstić information content (AvgIpc) is 2.52. The van der Waals surface area contributed by atoms with E-state index in [-0.39, 0.29) is 5.91 Å². The molecule has 1 N–H and O–H groups in total. The first kappa shape index (κ1) is 14.8. The summed E-state index contributed by atoms with van der Waals surface area (Å²) in [5.41, 5.74) is 1.56. The lowest BCUT2D eigenvalue weighted by Crippen LogP contribution is -2.36. The Hall–Kier alpha value is -1.58. The molecular formula is C16H25N3O. The Bertz CT molecular complexity index is 427. The Balaban J connectivity index is 1.92. The van der Waals surface area contributed by atoms with E-state index in [1.165, 1.54) is 19.3 Å². The van der Waals surface area contributed by atoms with Crippen molar-refractivity contribution in [3.05, 3.63) is 24.0 Å². The van der Waals surface area contributed by atoms with Gasteiger partial charge < -0.3 is 10.2 Å². The maximum absolute atomic E-state index is 12.4. The summed E-state index contributed by atoms with van der Waals surface area (Å²) in [6.07, 6.45) is 8.79. The maximum Gasteiger partial charge on any atom is 0.272 e. The van der Waals surface area contributed by atoms with Crippen LogP contribution in [0.15, 0.2) is 18.3 Å². The number of unbranched alkanes of at least 4 members (excludes halogenated alkanes) is 2. The zero-order valence-corrected chi connectivity index (χ0v) is 12.4. The number of rotatable bonds is 6. The van der Waals surface area contributed by atoms with Crippen LogP contribution in [-0.4, -0.2) is 35.4 Å². The molecule has 1 aliphatic rings. The van der Waals surface area contributed by atoms with Crippen LogP contribution in [0.2, 0.25) is 0 Å². The zero-order valence-electron chi connectivity index (χ0n) is 12.4. The SMILES string of the molecule is CCCCCNc1ccnc(C(=O)N2CCCCC2)c1. The highest BCUT2D eigenvalue weighted by atomic mass is 16.2. The highest BCUT2D eigenvalue weighted by Crippen LogP contribution is 2.14. The minimum atomic E-state index is 0.0712. The predicted octanol–water partition coefficient (Wildman–Crippen LogP) is 3.31. The largest absolute Gasteiger partial charge is 0.385 e. The summed E-state index contributed by atoms with van der Waals surface area (Å²) in [5.74, 6) is 0.0712. The van der Waals surface area contributed by atoms with Crippen LogP contribution in [0.4, 0.5) is 5.69 Å². The van der Waals surface area contributed by atoms with Gasteiger partial charge in [0.2, 0.25) is 0 Å². The molecule has 1 aromatic rings. The molecule has 2 heterocycles. The summed E-state index contributed by atoms with van der Waals surface area (Å²) < 4.78 is 0. The van der Waals surface area contributed by atoms with E-state index < -0.39 is 0 Å². The summed E-state index contributed by atoms with van der Waals surface area (Å²) >= 11 is 0. The fourth-order valence-corrected chi connectivity index (χ4v) is 2.52. The van der Waals surface area contributed by atoms with Crippen molar-refractivity contribution in [2.24, 2.45) is 0 Å². The number of aromatic nitrogens is 1. The van der Waals surface area contributed by atoms with Gasteiger partial charge in [-0.15, -0.1) is 0 Å². The molecule has 0 spiro atoms. The van der Waals surface area contributed by atoms with Gasteiger partial charge in [-0.3, -0.25) is 9.78 Å².